The summed E-state index contributed by atoms with van der Waals surface area (Å²) in [4.78, 5) is 0. The van der Waals surface area contributed by atoms with Gasteiger partial charge in [0, 0.05) is 6.61 Å². The van der Waals surface area contributed by atoms with Crippen molar-refractivity contribution in [1.29, 1.82) is 0 Å². The summed E-state index contributed by atoms with van der Waals surface area (Å²) >= 11 is 0. The number of ether oxygens (including phenoxy) is 1. The van der Waals surface area contributed by atoms with Gasteiger partial charge in [0.15, 0.2) is 0 Å². The summed E-state index contributed by atoms with van der Waals surface area (Å²) in [6, 6.07) is 4.20. The van der Waals surface area contributed by atoms with Gasteiger partial charge in [-0.15, -0.1) is 0 Å². The Morgan fingerprint density at radius 3 is 2.68 bits per heavy atom. The maximum absolute atomic E-state index is 14.4. The molecule has 1 aromatic carbocycles. The van der Waals surface area contributed by atoms with E-state index in [4.69, 9.17) is 4.74 Å². The fraction of sp³-hybridized carbons (Fsp3) is 0.600. The summed E-state index contributed by atoms with van der Waals surface area (Å²) in [5, 5.41) is 0. The van der Waals surface area contributed by atoms with Crippen LogP contribution in [0.2, 0.25) is 0 Å². The minimum absolute atomic E-state index is 0.207. The van der Waals surface area contributed by atoms with E-state index in [-0.39, 0.29) is 6.42 Å². The molecule has 3 unspecified atom stereocenters. The zero-order valence-corrected chi connectivity index (χ0v) is 10.8. The number of rotatable bonds is 1. The largest absolute Gasteiger partial charge is 0.377 e. The third-order valence-electron chi connectivity index (χ3n) is 4.33. The Morgan fingerprint density at radius 2 is 2.05 bits per heavy atom. The minimum atomic E-state index is -3.12. The Kier molecular flexibility index (Phi) is 3.08. The zero-order valence-electron chi connectivity index (χ0n) is 10.8. The van der Waals surface area contributed by atoms with Crippen LogP contribution in [-0.2, 0) is 17.1 Å². The second kappa shape index (κ2) is 4.51. The molecule has 0 radical (unpaired) electrons. The van der Waals surface area contributed by atoms with Crippen LogP contribution in [0.5, 0.6) is 0 Å². The van der Waals surface area contributed by atoms with Gasteiger partial charge in [-0.25, -0.2) is 13.2 Å². The predicted octanol–water partition coefficient (Wildman–Crippen LogP) is 3.90. The lowest BCUT2D eigenvalue weighted by Crippen LogP contribution is -2.38. The van der Waals surface area contributed by atoms with Gasteiger partial charge < -0.3 is 4.74 Å². The van der Waals surface area contributed by atoms with Crippen LogP contribution < -0.4 is 0 Å². The SMILES string of the molecule is CC1CCC(C2Cc3cccc(F)c3C2(F)F)OC1. The second-order valence-electron chi connectivity index (χ2n) is 5.76. The Bertz CT molecular complexity index is 478. The van der Waals surface area contributed by atoms with Crippen LogP contribution in [0.15, 0.2) is 18.2 Å². The first-order valence-corrected chi connectivity index (χ1v) is 6.77. The Morgan fingerprint density at radius 1 is 1.26 bits per heavy atom. The fourth-order valence-electron chi connectivity index (χ4n) is 3.25. The van der Waals surface area contributed by atoms with E-state index in [0.717, 1.165) is 12.5 Å². The lowest BCUT2D eigenvalue weighted by atomic mass is 9.88. The van der Waals surface area contributed by atoms with Crippen LogP contribution in [0.1, 0.15) is 30.9 Å². The molecule has 4 heteroatoms. The topological polar surface area (TPSA) is 9.23 Å². The number of hydrogen-bond acceptors (Lipinski definition) is 1. The number of halogens is 3. The van der Waals surface area contributed by atoms with Crippen LogP contribution in [0.3, 0.4) is 0 Å². The normalized spacial score (nSPS) is 33.2. The third kappa shape index (κ3) is 2.06. The fourth-order valence-corrected chi connectivity index (χ4v) is 3.25. The van der Waals surface area contributed by atoms with Crippen LogP contribution in [0, 0.1) is 17.7 Å². The smallest absolute Gasteiger partial charge is 0.281 e. The van der Waals surface area contributed by atoms with Crippen molar-refractivity contribution in [2.45, 2.75) is 38.2 Å². The van der Waals surface area contributed by atoms with Crippen molar-refractivity contribution < 1.29 is 17.9 Å². The highest BCUT2D eigenvalue weighted by Crippen LogP contribution is 2.50. The molecule has 0 N–H and O–H groups in total. The number of benzene rings is 1. The van der Waals surface area contributed by atoms with Gasteiger partial charge in [-0.05, 0) is 36.8 Å². The number of fused-ring (bicyclic) bond motifs is 1. The van der Waals surface area contributed by atoms with E-state index in [9.17, 15) is 13.2 Å². The van der Waals surface area contributed by atoms with Crippen LogP contribution in [0.25, 0.3) is 0 Å². The van der Waals surface area contributed by atoms with E-state index in [2.05, 4.69) is 6.92 Å². The van der Waals surface area contributed by atoms with Crippen molar-refractivity contribution in [3.8, 4) is 0 Å². The second-order valence-corrected chi connectivity index (χ2v) is 5.76. The summed E-state index contributed by atoms with van der Waals surface area (Å²) in [6.45, 7) is 2.58. The van der Waals surface area contributed by atoms with Crippen molar-refractivity contribution in [2.75, 3.05) is 6.61 Å². The van der Waals surface area contributed by atoms with Gasteiger partial charge in [-0.1, -0.05) is 19.1 Å². The lowest BCUT2D eigenvalue weighted by molar-refractivity contribution is -0.137. The molecule has 1 heterocycles. The molecule has 1 aromatic rings. The average Bonchev–Trinajstić information content (AvgIpc) is 2.63. The monoisotopic (exact) mass is 270 g/mol. The quantitative estimate of drug-likeness (QED) is 0.752. The van der Waals surface area contributed by atoms with Crippen LogP contribution in [0.4, 0.5) is 13.2 Å². The molecule has 0 saturated carbocycles. The molecular formula is C15H17F3O. The van der Waals surface area contributed by atoms with Gasteiger partial charge in [0.1, 0.15) is 5.82 Å². The predicted molar refractivity (Wildman–Crippen MR) is 65.6 cm³/mol. The maximum Gasteiger partial charge on any atom is 0.281 e. The van der Waals surface area contributed by atoms with Crippen LogP contribution >= 0.6 is 0 Å². The minimum Gasteiger partial charge on any atom is -0.377 e. The molecule has 3 rings (SSSR count). The first-order chi connectivity index (χ1) is 9.00. The summed E-state index contributed by atoms with van der Waals surface area (Å²) in [6.07, 6.45) is 1.28. The zero-order chi connectivity index (χ0) is 13.6. The molecule has 0 bridgehead atoms. The van der Waals surface area contributed by atoms with Crippen molar-refractivity contribution in [3.05, 3.63) is 35.1 Å². The van der Waals surface area contributed by atoms with E-state index >= 15 is 0 Å². The van der Waals surface area contributed by atoms with Gasteiger partial charge in [-0.2, -0.15) is 0 Å². The van der Waals surface area contributed by atoms with Crippen molar-refractivity contribution in [3.63, 3.8) is 0 Å². The summed E-state index contributed by atoms with van der Waals surface area (Å²) in [5.74, 6) is -4.42. The van der Waals surface area contributed by atoms with E-state index in [0.29, 0.717) is 24.5 Å². The molecule has 1 aliphatic carbocycles. The molecule has 0 spiro atoms. The van der Waals surface area contributed by atoms with E-state index < -0.39 is 29.3 Å². The summed E-state index contributed by atoms with van der Waals surface area (Å²) < 4.78 is 48.1. The average molecular weight is 270 g/mol. The van der Waals surface area contributed by atoms with Gasteiger partial charge >= 0.3 is 0 Å². The van der Waals surface area contributed by atoms with Gasteiger partial charge in [0.2, 0.25) is 0 Å². The highest BCUT2D eigenvalue weighted by molar-refractivity contribution is 5.38. The first kappa shape index (κ1) is 13.0. The molecule has 2 aliphatic rings. The standard InChI is InChI=1S/C15H17F3O/c1-9-5-6-13(19-8-9)11-7-10-3-2-4-12(16)14(10)15(11,17)18/h2-4,9,11,13H,5-8H2,1H3. The van der Waals surface area contributed by atoms with Gasteiger partial charge in [0.25, 0.3) is 5.92 Å². The number of hydrogen-bond donors (Lipinski definition) is 0. The van der Waals surface area contributed by atoms with Crippen molar-refractivity contribution >= 4 is 0 Å². The molecule has 1 fully saturated rings. The molecule has 19 heavy (non-hydrogen) atoms. The summed E-state index contributed by atoms with van der Waals surface area (Å²) in [5.41, 5.74) is 0.0134. The lowest BCUT2D eigenvalue weighted by Gasteiger charge is -2.33. The van der Waals surface area contributed by atoms with Gasteiger partial charge in [-0.3, -0.25) is 0 Å². The summed E-state index contributed by atoms with van der Waals surface area (Å²) in [7, 11) is 0. The Balaban J connectivity index is 1.89. The van der Waals surface area contributed by atoms with E-state index in [1.54, 1.807) is 6.07 Å². The molecular weight excluding hydrogens is 253 g/mol. The highest BCUT2D eigenvalue weighted by Gasteiger charge is 2.54. The van der Waals surface area contributed by atoms with Crippen molar-refractivity contribution in [2.24, 2.45) is 11.8 Å². The highest BCUT2D eigenvalue weighted by atomic mass is 19.3. The molecule has 0 amide bonds. The molecule has 104 valence electrons. The molecule has 1 nitrogen and oxygen atoms in total. The van der Waals surface area contributed by atoms with Crippen molar-refractivity contribution in [1.82, 2.24) is 0 Å². The molecule has 3 atom stereocenters. The Hall–Kier alpha value is -1.03. The maximum atomic E-state index is 14.4. The third-order valence-corrected chi connectivity index (χ3v) is 4.33. The molecule has 1 aliphatic heterocycles. The van der Waals surface area contributed by atoms with Crippen LogP contribution in [-0.4, -0.2) is 12.7 Å². The van der Waals surface area contributed by atoms with E-state index in [1.807, 2.05) is 0 Å². The Labute approximate surface area is 110 Å². The van der Waals surface area contributed by atoms with Gasteiger partial charge in [0.05, 0.1) is 17.6 Å². The molecule has 1 saturated heterocycles. The molecule has 0 aromatic heterocycles. The number of alkyl halides is 2. The first-order valence-electron chi connectivity index (χ1n) is 6.77. The van der Waals surface area contributed by atoms with E-state index in [1.165, 1.54) is 6.07 Å².